The highest BCUT2D eigenvalue weighted by Crippen LogP contribution is 2.19. The third-order valence-electron chi connectivity index (χ3n) is 2.53. The van der Waals surface area contributed by atoms with Crippen molar-refractivity contribution >= 4 is 11.9 Å². The molecule has 0 N–H and O–H groups in total. The van der Waals surface area contributed by atoms with Crippen molar-refractivity contribution in [1.29, 1.82) is 0 Å². The lowest BCUT2D eigenvalue weighted by Crippen LogP contribution is -2.43. The molecule has 0 aliphatic carbocycles. The van der Waals surface area contributed by atoms with Crippen molar-refractivity contribution in [2.45, 2.75) is 19.3 Å². The Morgan fingerprint density at radius 2 is 1.87 bits per heavy atom. The zero-order valence-electron chi connectivity index (χ0n) is 8.41. The summed E-state index contributed by atoms with van der Waals surface area (Å²) in [5.41, 5.74) is 0. The first kappa shape index (κ1) is 11.9. The Kier molecular flexibility index (Phi) is 3.99. The highest BCUT2D eigenvalue weighted by Gasteiger charge is 2.30. The average molecular weight is 221 g/mol. The van der Waals surface area contributed by atoms with E-state index in [1.165, 1.54) is 7.11 Å². The molecule has 0 saturated carbocycles. The summed E-state index contributed by atoms with van der Waals surface area (Å²) in [4.78, 5) is 23.1. The van der Waals surface area contributed by atoms with Gasteiger partial charge in [-0.05, 0) is 12.8 Å². The molecule has 0 bridgehead atoms. The first-order chi connectivity index (χ1) is 7.06. The monoisotopic (exact) mass is 221 g/mol. The van der Waals surface area contributed by atoms with E-state index in [0.717, 1.165) is 4.90 Å². The first-order valence-electron chi connectivity index (χ1n) is 4.71. The minimum absolute atomic E-state index is 0.197. The van der Waals surface area contributed by atoms with E-state index in [-0.39, 0.29) is 25.0 Å². The van der Waals surface area contributed by atoms with E-state index in [2.05, 4.69) is 4.74 Å². The number of carbonyl (C=O) groups is 2. The fraction of sp³-hybridized carbons (Fsp3) is 0.778. The largest absolute Gasteiger partial charge is 0.469 e. The summed E-state index contributed by atoms with van der Waals surface area (Å²) >= 11 is 0. The predicted octanol–water partition coefficient (Wildman–Crippen LogP) is 0.663. The molecule has 1 amide bonds. The van der Waals surface area contributed by atoms with E-state index in [1.807, 2.05) is 0 Å². The second kappa shape index (κ2) is 5.04. The summed E-state index contributed by atoms with van der Waals surface area (Å²) in [5.74, 6) is -1.76. The molecule has 15 heavy (non-hydrogen) atoms. The summed E-state index contributed by atoms with van der Waals surface area (Å²) < 4.78 is 28.6. The molecule has 1 saturated heterocycles. The minimum atomic E-state index is -2.96. The van der Waals surface area contributed by atoms with Gasteiger partial charge in [-0.25, -0.2) is 0 Å². The lowest BCUT2D eigenvalue weighted by atomic mass is 9.97. The number of rotatable bonds is 2. The van der Waals surface area contributed by atoms with Crippen molar-refractivity contribution in [1.82, 2.24) is 4.90 Å². The van der Waals surface area contributed by atoms with Crippen molar-refractivity contribution in [3.8, 4) is 0 Å². The van der Waals surface area contributed by atoms with E-state index >= 15 is 0 Å². The Morgan fingerprint density at radius 3 is 2.27 bits per heavy atom. The van der Waals surface area contributed by atoms with Gasteiger partial charge in [0.05, 0.1) is 13.0 Å². The minimum Gasteiger partial charge on any atom is -0.469 e. The van der Waals surface area contributed by atoms with Gasteiger partial charge in [0, 0.05) is 13.1 Å². The molecule has 1 fully saturated rings. The van der Waals surface area contributed by atoms with Gasteiger partial charge in [-0.3, -0.25) is 9.59 Å². The molecule has 0 atom stereocenters. The van der Waals surface area contributed by atoms with Crippen LogP contribution in [-0.4, -0.2) is 43.4 Å². The standard InChI is InChI=1S/C9H13F2NO3/c1-15-9(14)6-2-4-12(5-3-6)8(13)7(10)11/h6-7H,2-5H2,1H3. The van der Waals surface area contributed by atoms with Gasteiger partial charge in [0.2, 0.25) is 0 Å². The number of hydrogen-bond acceptors (Lipinski definition) is 3. The van der Waals surface area contributed by atoms with E-state index in [1.54, 1.807) is 0 Å². The van der Waals surface area contributed by atoms with E-state index < -0.39 is 12.3 Å². The molecule has 0 aromatic rings. The van der Waals surface area contributed by atoms with Crippen molar-refractivity contribution in [3.63, 3.8) is 0 Å². The Labute approximate surface area is 86.2 Å². The molecule has 0 aromatic carbocycles. The number of ether oxygens (including phenoxy) is 1. The van der Waals surface area contributed by atoms with Crippen LogP contribution in [0.25, 0.3) is 0 Å². The van der Waals surface area contributed by atoms with Gasteiger partial charge in [-0.15, -0.1) is 0 Å². The van der Waals surface area contributed by atoms with Gasteiger partial charge >= 0.3 is 12.4 Å². The number of nitrogens with zero attached hydrogens (tertiary/aromatic N) is 1. The molecular formula is C9H13F2NO3. The number of amides is 1. The van der Waals surface area contributed by atoms with Gasteiger partial charge in [0.1, 0.15) is 0 Å². The van der Waals surface area contributed by atoms with Crippen molar-refractivity contribution in [2.75, 3.05) is 20.2 Å². The molecule has 0 aromatic heterocycles. The fourth-order valence-corrected chi connectivity index (χ4v) is 1.64. The molecule has 0 radical (unpaired) electrons. The average Bonchev–Trinajstić information content (AvgIpc) is 2.27. The Hall–Kier alpha value is -1.20. The summed E-state index contributed by atoms with van der Waals surface area (Å²) in [6.07, 6.45) is -2.17. The maximum Gasteiger partial charge on any atom is 0.315 e. The van der Waals surface area contributed by atoms with Gasteiger partial charge in [-0.1, -0.05) is 0 Å². The van der Waals surface area contributed by atoms with Crippen molar-refractivity contribution in [2.24, 2.45) is 5.92 Å². The number of alkyl halides is 2. The second-order valence-electron chi connectivity index (χ2n) is 3.42. The van der Waals surface area contributed by atoms with Crippen molar-refractivity contribution < 1.29 is 23.1 Å². The molecule has 4 nitrogen and oxygen atoms in total. The number of esters is 1. The number of likely N-dealkylation sites (tertiary alicyclic amines) is 1. The summed E-state index contributed by atoms with van der Waals surface area (Å²) in [5, 5.41) is 0. The highest BCUT2D eigenvalue weighted by molar-refractivity contribution is 5.80. The van der Waals surface area contributed by atoms with Crippen LogP contribution >= 0.6 is 0 Å². The number of methoxy groups -OCH3 is 1. The third-order valence-corrected chi connectivity index (χ3v) is 2.53. The topological polar surface area (TPSA) is 46.6 Å². The molecule has 1 aliphatic heterocycles. The fourth-order valence-electron chi connectivity index (χ4n) is 1.64. The third kappa shape index (κ3) is 2.87. The molecule has 6 heteroatoms. The molecule has 1 rings (SSSR count). The lowest BCUT2D eigenvalue weighted by molar-refractivity contribution is -0.151. The van der Waals surface area contributed by atoms with E-state index in [4.69, 9.17) is 0 Å². The Bertz CT molecular complexity index is 250. The van der Waals surface area contributed by atoms with E-state index in [9.17, 15) is 18.4 Å². The number of carbonyl (C=O) groups excluding carboxylic acids is 2. The summed E-state index contributed by atoms with van der Waals surface area (Å²) in [6.45, 7) is 0.395. The van der Waals surface area contributed by atoms with Gasteiger partial charge in [0.15, 0.2) is 0 Å². The van der Waals surface area contributed by atoms with Crippen LogP contribution in [0.4, 0.5) is 8.78 Å². The lowest BCUT2D eigenvalue weighted by Gasteiger charge is -2.30. The van der Waals surface area contributed by atoms with Crippen LogP contribution in [0.15, 0.2) is 0 Å². The van der Waals surface area contributed by atoms with Crippen LogP contribution in [0, 0.1) is 5.92 Å². The van der Waals surface area contributed by atoms with Gasteiger partial charge in [0.25, 0.3) is 5.91 Å². The van der Waals surface area contributed by atoms with E-state index in [0.29, 0.717) is 12.8 Å². The van der Waals surface area contributed by atoms with Crippen LogP contribution in [0.5, 0.6) is 0 Å². The molecule has 86 valence electrons. The van der Waals surface area contributed by atoms with Gasteiger partial charge < -0.3 is 9.64 Å². The smallest absolute Gasteiger partial charge is 0.315 e. The maximum absolute atomic E-state index is 12.1. The molecule has 0 spiro atoms. The zero-order valence-corrected chi connectivity index (χ0v) is 8.41. The van der Waals surface area contributed by atoms with Crippen LogP contribution in [0.1, 0.15) is 12.8 Å². The summed E-state index contributed by atoms with van der Waals surface area (Å²) in [7, 11) is 1.29. The number of hydrogen-bond donors (Lipinski definition) is 0. The highest BCUT2D eigenvalue weighted by atomic mass is 19.3. The Balaban J connectivity index is 2.42. The van der Waals surface area contributed by atoms with Crippen LogP contribution in [0.2, 0.25) is 0 Å². The predicted molar refractivity (Wildman–Crippen MR) is 47.3 cm³/mol. The first-order valence-corrected chi connectivity index (χ1v) is 4.71. The van der Waals surface area contributed by atoms with Crippen LogP contribution < -0.4 is 0 Å². The van der Waals surface area contributed by atoms with Crippen LogP contribution in [-0.2, 0) is 14.3 Å². The Morgan fingerprint density at radius 1 is 1.33 bits per heavy atom. The van der Waals surface area contributed by atoms with Crippen molar-refractivity contribution in [3.05, 3.63) is 0 Å². The molecule has 0 unspecified atom stereocenters. The number of piperidine rings is 1. The normalized spacial score (nSPS) is 18.0. The molecule has 1 heterocycles. The second-order valence-corrected chi connectivity index (χ2v) is 3.42. The van der Waals surface area contributed by atoms with Crippen LogP contribution in [0.3, 0.4) is 0 Å². The zero-order chi connectivity index (χ0) is 11.4. The maximum atomic E-state index is 12.1. The number of halogens is 2. The molecular weight excluding hydrogens is 208 g/mol. The quantitative estimate of drug-likeness (QED) is 0.643. The summed E-state index contributed by atoms with van der Waals surface area (Å²) in [6, 6.07) is 0. The SMILES string of the molecule is COC(=O)C1CCN(C(=O)C(F)F)CC1. The molecule has 1 aliphatic rings. The van der Waals surface area contributed by atoms with Gasteiger partial charge in [-0.2, -0.15) is 8.78 Å².